The van der Waals surface area contributed by atoms with Crippen molar-refractivity contribution in [3.63, 3.8) is 0 Å². The Balaban J connectivity index is 1.90. The van der Waals surface area contributed by atoms with Crippen molar-refractivity contribution in [3.8, 4) is 0 Å². The van der Waals surface area contributed by atoms with Crippen LogP contribution in [0.3, 0.4) is 0 Å². The van der Waals surface area contributed by atoms with Gasteiger partial charge in [0.25, 0.3) is 0 Å². The number of aromatic nitrogens is 1. The van der Waals surface area contributed by atoms with Crippen LogP contribution in [0.4, 0.5) is 5.69 Å². The molecule has 0 radical (unpaired) electrons. The van der Waals surface area contributed by atoms with Crippen LogP contribution in [-0.2, 0) is 18.3 Å². The molecule has 0 aliphatic heterocycles. The van der Waals surface area contributed by atoms with Crippen LogP contribution in [0.2, 0.25) is 0 Å². The maximum atomic E-state index is 12.5. The van der Waals surface area contributed by atoms with Crippen LogP contribution in [-0.4, -0.2) is 16.7 Å². The number of carbonyl (C=O) groups is 1. The molecule has 0 fully saturated rings. The van der Waals surface area contributed by atoms with Gasteiger partial charge in [-0.25, -0.2) is 0 Å². The van der Waals surface area contributed by atoms with Crippen LogP contribution in [0.5, 0.6) is 0 Å². The standard InChI is InChI=1S/C20H22N2OS/c1-13-5-8-15(9-6-13)21-19(23)12-18-20(24-4)16-11-14(2)7-10-17(16)22(18)3/h5-11H,12H2,1-4H3,(H,21,23). The number of carbonyl (C=O) groups excluding carboxylic acids is 1. The molecule has 0 saturated heterocycles. The number of hydrogen-bond donors (Lipinski definition) is 1. The number of aryl methyl sites for hydroxylation is 3. The molecule has 3 rings (SSSR count). The maximum absolute atomic E-state index is 12.5. The third-order valence-electron chi connectivity index (χ3n) is 4.29. The average molecular weight is 338 g/mol. The number of nitrogens with one attached hydrogen (secondary N) is 1. The molecule has 2 aromatic carbocycles. The van der Waals surface area contributed by atoms with E-state index in [1.54, 1.807) is 11.8 Å². The molecule has 1 N–H and O–H groups in total. The van der Waals surface area contributed by atoms with Gasteiger partial charge in [0.15, 0.2) is 0 Å². The Hall–Kier alpha value is -2.20. The number of thioether (sulfide) groups is 1. The summed E-state index contributed by atoms with van der Waals surface area (Å²) in [4.78, 5) is 13.7. The number of benzene rings is 2. The monoisotopic (exact) mass is 338 g/mol. The summed E-state index contributed by atoms with van der Waals surface area (Å²) in [6, 6.07) is 14.3. The summed E-state index contributed by atoms with van der Waals surface area (Å²) >= 11 is 1.70. The van der Waals surface area contributed by atoms with Gasteiger partial charge in [-0.15, -0.1) is 11.8 Å². The smallest absolute Gasteiger partial charge is 0.230 e. The second-order valence-electron chi connectivity index (χ2n) is 6.15. The molecule has 0 bridgehead atoms. The molecule has 0 saturated carbocycles. The third kappa shape index (κ3) is 3.20. The molecule has 0 aliphatic rings. The van der Waals surface area contributed by atoms with E-state index in [4.69, 9.17) is 0 Å². The first kappa shape index (κ1) is 16.7. The molecule has 0 unspecified atom stereocenters. The number of hydrogen-bond acceptors (Lipinski definition) is 2. The first-order valence-electron chi connectivity index (χ1n) is 7.98. The number of amides is 1. The van der Waals surface area contributed by atoms with Gasteiger partial charge in [0.05, 0.1) is 6.42 Å². The van der Waals surface area contributed by atoms with Gasteiger partial charge in [-0.2, -0.15) is 0 Å². The van der Waals surface area contributed by atoms with E-state index < -0.39 is 0 Å². The second-order valence-corrected chi connectivity index (χ2v) is 6.97. The van der Waals surface area contributed by atoms with E-state index >= 15 is 0 Å². The van der Waals surface area contributed by atoms with Gasteiger partial charge in [0.1, 0.15) is 0 Å². The molecule has 0 atom stereocenters. The number of nitrogens with zero attached hydrogens (tertiary/aromatic N) is 1. The van der Waals surface area contributed by atoms with Crippen LogP contribution in [0, 0.1) is 13.8 Å². The lowest BCUT2D eigenvalue weighted by Gasteiger charge is -2.08. The van der Waals surface area contributed by atoms with E-state index in [1.807, 2.05) is 38.2 Å². The highest BCUT2D eigenvalue weighted by molar-refractivity contribution is 7.98. The SMILES string of the molecule is CSc1c(CC(=O)Nc2ccc(C)cc2)n(C)c2ccc(C)cc12. The lowest BCUT2D eigenvalue weighted by Crippen LogP contribution is -2.16. The van der Waals surface area contributed by atoms with Gasteiger partial charge in [-0.1, -0.05) is 29.3 Å². The van der Waals surface area contributed by atoms with Crippen molar-refractivity contribution in [2.45, 2.75) is 25.2 Å². The van der Waals surface area contributed by atoms with Crippen molar-refractivity contribution in [2.75, 3.05) is 11.6 Å². The van der Waals surface area contributed by atoms with Gasteiger partial charge in [0, 0.05) is 34.2 Å². The summed E-state index contributed by atoms with van der Waals surface area (Å²) in [5.41, 5.74) is 5.49. The van der Waals surface area contributed by atoms with Crippen LogP contribution in [0.25, 0.3) is 10.9 Å². The zero-order valence-electron chi connectivity index (χ0n) is 14.5. The van der Waals surface area contributed by atoms with Gasteiger partial charge >= 0.3 is 0 Å². The normalized spacial score (nSPS) is 11.0. The van der Waals surface area contributed by atoms with Crippen molar-refractivity contribution in [2.24, 2.45) is 7.05 Å². The Morgan fingerprint density at radius 3 is 2.42 bits per heavy atom. The molecule has 3 nitrogen and oxygen atoms in total. The molecule has 1 aromatic heterocycles. The molecule has 24 heavy (non-hydrogen) atoms. The van der Waals surface area contributed by atoms with Gasteiger partial charge in [0.2, 0.25) is 5.91 Å². The molecular formula is C20H22N2OS. The van der Waals surface area contributed by atoms with Crippen molar-refractivity contribution in [3.05, 3.63) is 59.3 Å². The van der Waals surface area contributed by atoms with Crippen molar-refractivity contribution >= 4 is 34.3 Å². The van der Waals surface area contributed by atoms with E-state index in [1.165, 1.54) is 26.9 Å². The van der Waals surface area contributed by atoms with E-state index in [-0.39, 0.29) is 5.91 Å². The van der Waals surface area contributed by atoms with Crippen LogP contribution < -0.4 is 5.32 Å². The largest absolute Gasteiger partial charge is 0.346 e. The second kappa shape index (κ2) is 6.73. The van der Waals surface area contributed by atoms with E-state index in [9.17, 15) is 4.79 Å². The van der Waals surface area contributed by atoms with Gasteiger partial charge < -0.3 is 9.88 Å². The zero-order chi connectivity index (χ0) is 17.3. The number of rotatable bonds is 4. The molecule has 1 amide bonds. The maximum Gasteiger partial charge on any atom is 0.230 e. The summed E-state index contributed by atoms with van der Waals surface area (Å²) < 4.78 is 2.13. The zero-order valence-corrected chi connectivity index (χ0v) is 15.3. The highest BCUT2D eigenvalue weighted by atomic mass is 32.2. The molecular weight excluding hydrogens is 316 g/mol. The van der Waals surface area contributed by atoms with Gasteiger partial charge in [-0.05, 0) is 44.4 Å². The predicted octanol–water partition coefficient (Wildman–Crippen LogP) is 4.70. The average Bonchev–Trinajstić information content (AvgIpc) is 2.81. The Morgan fingerprint density at radius 2 is 1.75 bits per heavy atom. The van der Waals surface area contributed by atoms with Crippen molar-refractivity contribution in [1.82, 2.24) is 4.57 Å². The van der Waals surface area contributed by atoms with E-state index in [0.29, 0.717) is 6.42 Å². The minimum Gasteiger partial charge on any atom is -0.346 e. The molecule has 124 valence electrons. The fraction of sp³-hybridized carbons (Fsp3) is 0.250. The lowest BCUT2D eigenvalue weighted by molar-refractivity contribution is -0.115. The minimum absolute atomic E-state index is 0.0109. The van der Waals surface area contributed by atoms with Crippen LogP contribution in [0.1, 0.15) is 16.8 Å². The Bertz CT molecular complexity index is 894. The molecule has 4 heteroatoms. The number of fused-ring (bicyclic) bond motifs is 1. The number of anilines is 1. The molecule has 0 aliphatic carbocycles. The van der Waals surface area contributed by atoms with Gasteiger partial charge in [-0.3, -0.25) is 4.79 Å². The fourth-order valence-corrected chi connectivity index (χ4v) is 3.83. The predicted molar refractivity (Wildman–Crippen MR) is 103 cm³/mol. The summed E-state index contributed by atoms with van der Waals surface area (Å²) in [7, 11) is 2.03. The molecule has 3 aromatic rings. The highest BCUT2D eigenvalue weighted by Gasteiger charge is 2.17. The molecule has 0 spiro atoms. The summed E-state index contributed by atoms with van der Waals surface area (Å²) in [5.74, 6) is 0.0109. The van der Waals surface area contributed by atoms with Crippen molar-refractivity contribution in [1.29, 1.82) is 0 Å². The van der Waals surface area contributed by atoms with Crippen LogP contribution >= 0.6 is 11.8 Å². The fourth-order valence-electron chi connectivity index (χ4n) is 3.00. The molecule has 1 heterocycles. The van der Waals surface area contributed by atoms with E-state index in [0.717, 1.165) is 11.4 Å². The van der Waals surface area contributed by atoms with Crippen LogP contribution in [0.15, 0.2) is 47.4 Å². The Morgan fingerprint density at radius 1 is 1.08 bits per heavy atom. The van der Waals surface area contributed by atoms with E-state index in [2.05, 4.69) is 41.3 Å². The third-order valence-corrected chi connectivity index (χ3v) is 5.16. The topological polar surface area (TPSA) is 34.0 Å². The first-order valence-corrected chi connectivity index (χ1v) is 9.20. The Labute approximate surface area is 147 Å². The highest BCUT2D eigenvalue weighted by Crippen LogP contribution is 2.33. The Kier molecular flexibility index (Phi) is 4.67. The summed E-state index contributed by atoms with van der Waals surface area (Å²) in [6.07, 6.45) is 2.44. The van der Waals surface area contributed by atoms with Crippen molar-refractivity contribution < 1.29 is 4.79 Å². The minimum atomic E-state index is 0.0109. The quantitative estimate of drug-likeness (QED) is 0.700. The lowest BCUT2D eigenvalue weighted by atomic mass is 10.1. The summed E-state index contributed by atoms with van der Waals surface area (Å²) in [6.45, 7) is 4.13. The summed E-state index contributed by atoms with van der Waals surface area (Å²) in [5, 5.41) is 4.22. The first-order chi connectivity index (χ1) is 11.5.